The summed E-state index contributed by atoms with van der Waals surface area (Å²) in [5, 5.41) is 0. The Morgan fingerprint density at radius 1 is 1.14 bits per heavy atom. The van der Waals surface area contributed by atoms with Gasteiger partial charge in [-0.2, -0.15) is 0 Å². The Labute approximate surface area is 131 Å². The second-order valence-electron chi connectivity index (χ2n) is 5.70. The van der Waals surface area contributed by atoms with Gasteiger partial charge in [0.05, 0.1) is 13.2 Å². The van der Waals surface area contributed by atoms with E-state index in [1.807, 2.05) is 6.20 Å². The molecule has 1 saturated heterocycles. The van der Waals surface area contributed by atoms with Gasteiger partial charge in [0.1, 0.15) is 5.82 Å². The molecule has 4 nitrogen and oxygen atoms in total. The van der Waals surface area contributed by atoms with Gasteiger partial charge in [-0.15, -0.1) is 0 Å². The van der Waals surface area contributed by atoms with Crippen molar-refractivity contribution in [3.05, 3.63) is 47.7 Å². The van der Waals surface area contributed by atoms with E-state index in [1.54, 1.807) is 0 Å². The molecule has 0 spiro atoms. The summed E-state index contributed by atoms with van der Waals surface area (Å²) in [6.45, 7) is 6.22. The van der Waals surface area contributed by atoms with E-state index in [0.29, 0.717) is 6.54 Å². The van der Waals surface area contributed by atoms with Crippen molar-refractivity contribution in [1.82, 2.24) is 4.98 Å². The summed E-state index contributed by atoms with van der Waals surface area (Å²) < 4.78 is 5.41. The predicted octanol–water partition coefficient (Wildman–Crippen LogP) is 2.39. The Kier molecular flexibility index (Phi) is 4.71. The highest BCUT2D eigenvalue weighted by Crippen LogP contribution is 2.25. The first-order valence-corrected chi connectivity index (χ1v) is 7.86. The van der Waals surface area contributed by atoms with Gasteiger partial charge in [-0.05, 0) is 42.6 Å². The molecule has 2 aromatic rings. The van der Waals surface area contributed by atoms with E-state index >= 15 is 0 Å². The lowest BCUT2D eigenvalue weighted by Gasteiger charge is -2.29. The van der Waals surface area contributed by atoms with Crippen molar-refractivity contribution in [3.8, 4) is 11.1 Å². The van der Waals surface area contributed by atoms with E-state index in [2.05, 4.69) is 47.1 Å². The van der Waals surface area contributed by atoms with Crippen molar-refractivity contribution in [1.29, 1.82) is 0 Å². The number of hydrogen-bond acceptors (Lipinski definition) is 4. The number of rotatable bonds is 4. The number of nitrogens with two attached hydrogens (primary N) is 1. The zero-order valence-electron chi connectivity index (χ0n) is 13.1. The Hall–Kier alpha value is -1.91. The van der Waals surface area contributed by atoms with Crippen LogP contribution >= 0.6 is 0 Å². The van der Waals surface area contributed by atoms with Gasteiger partial charge >= 0.3 is 0 Å². The summed E-state index contributed by atoms with van der Waals surface area (Å²) in [5.41, 5.74) is 10.4. The van der Waals surface area contributed by atoms with Crippen molar-refractivity contribution in [3.63, 3.8) is 0 Å². The van der Waals surface area contributed by atoms with Crippen molar-refractivity contribution in [2.75, 3.05) is 37.7 Å². The molecule has 2 heterocycles. The van der Waals surface area contributed by atoms with Gasteiger partial charge in [0.25, 0.3) is 0 Å². The molecule has 0 bridgehead atoms. The molecule has 1 aliphatic heterocycles. The quantitative estimate of drug-likeness (QED) is 0.941. The number of pyridine rings is 1. The highest BCUT2D eigenvalue weighted by atomic mass is 16.5. The zero-order chi connectivity index (χ0) is 15.4. The number of morpholine rings is 1. The van der Waals surface area contributed by atoms with Gasteiger partial charge in [0.15, 0.2) is 0 Å². The van der Waals surface area contributed by atoms with E-state index in [1.165, 1.54) is 16.7 Å². The summed E-state index contributed by atoms with van der Waals surface area (Å²) in [4.78, 5) is 6.99. The molecule has 0 radical (unpaired) electrons. The molecule has 116 valence electrons. The summed E-state index contributed by atoms with van der Waals surface area (Å²) in [6, 6.07) is 10.8. The first-order chi connectivity index (χ1) is 10.8. The van der Waals surface area contributed by atoms with Gasteiger partial charge in [0, 0.05) is 24.8 Å². The van der Waals surface area contributed by atoms with Crippen molar-refractivity contribution < 1.29 is 4.74 Å². The Bertz CT molecular complexity index is 619. The molecule has 1 aromatic heterocycles. The van der Waals surface area contributed by atoms with Crippen LogP contribution in [-0.4, -0.2) is 37.8 Å². The number of aryl methyl sites for hydroxylation is 1. The number of benzene rings is 1. The second-order valence-corrected chi connectivity index (χ2v) is 5.70. The summed E-state index contributed by atoms with van der Waals surface area (Å²) >= 11 is 0. The molecule has 0 saturated carbocycles. The molecule has 0 unspecified atom stereocenters. The van der Waals surface area contributed by atoms with Crippen LogP contribution in [0, 0.1) is 6.92 Å². The molecule has 0 atom stereocenters. The number of ether oxygens (including phenoxy) is 1. The van der Waals surface area contributed by atoms with Gasteiger partial charge in [-0.3, -0.25) is 0 Å². The third-order valence-electron chi connectivity index (χ3n) is 4.08. The van der Waals surface area contributed by atoms with E-state index in [9.17, 15) is 0 Å². The lowest BCUT2D eigenvalue weighted by atomic mass is 10.0. The van der Waals surface area contributed by atoms with Gasteiger partial charge in [-0.25, -0.2) is 4.98 Å². The van der Waals surface area contributed by atoms with Crippen LogP contribution in [-0.2, 0) is 11.2 Å². The summed E-state index contributed by atoms with van der Waals surface area (Å²) in [5.74, 6) is 1.08. The molecular weight excluding hydrogens is 274 g/mol. The highest BCUT2D eigenvalue weighted by Gasteiger charge is 2.15. The van der Waals surface area contributed by atoms with Gasteiger partial charge in [0.2, 0.25) is 0 Å². The van der Waals surface area contributed by atoms with Crippen LogP contribution in [0.1, 0.15) is 11.1 Å². The molecule has 3 rings (SSSR count). The van der Waals surface area contributed by atoms with E-state index in [-0.39, 0.29) is 0 Å². The molecule has 0 aliphatic carbocycles. The normalized spacial score (nSPS) is 15.1. The van der Waals surface area contributed by atoms with Crippen LogP contribution < -0.4 is 10.6 Å². The van der Waals surface area contributed by atoms with Crippen LogP contribution in [0.2, 0.25) is 0 Å². The van der Waals surface area contributed by atoms with Crippen LogP contribution in [0.3, 0.4) is 0 Å². The maximum Gasteiger partial charge on any atom is 0.131 e. The minimum atomic E-state index is 0.689. The maximum absolute atomic E-state index is 5.59. The average Bonchev–Trinajstić information content (AvgIpc) is 2.56. The van der Waals surface area contributed by atoms with E-state index in [0.717, 1.165) is 44.1 Å². The Balaban J connectivity index is 1.81. The molecule has 1 aliphatic rings. The first-order valence-electron chi connectivity index (χ1n) is 7.86. The zero-order valence-corrected chi connectivity index (χ0v) is 13.1. The second kappa shape index (κ2) is 6.90. The summed E-state index contributed by atoms with van der Waals surface area (Å²) in [7, 11) is 0. The maximum atomic E-state index is 5.59. The van der Waals surface area contributed by atoms with E-state index < -0.39 is 0 Å². The lowest BCUT2D eigenvalue weighted by Crippen LogP contribution is -2.37. The van der Waals surface area contributed by atoms with Crippen LogP contribution in [0.5, 0.6) is 0 Å². The summed E-state index contributed by atoms with van der Waals surface area (Å²) in [6.07, 6.45) is 2.89. The SMILES string of the molecule is Cc1cc(-c2ccc(CCN)cc2)cnc1N1CCOCC1. The van der Waals surface area contributed by atoms with Crippen LogP contribution in [0.4, 0.5) is 5.82 Å². The standard InChI is InChI=1S/C18H23N3O/c1-14-12-17(16-4-2-15(3-5-16)6-7-19)13-20-18(14)21-8-10-22-11-9-21/h2-5,12-13H,6-11,19H2,1H3. The highest BCUT2D eigenvalue weighted by molar-refractivity contribution is 5.66. The molecule has 1 fully saturated rings. The van der Waals surface area contributed by atoms with Crippen LogP contribution in [0.15, 0.2) is 36.5 Å². The van der Waals surface area contributed by atoms with Crippen molar-refractivity contribution in [2.45, 2.75) is 13.3 Å². The Morgan fingerprint density at radius 2 is 1.86 bits per heavy atom. The first kappa shape index (κ1) is 15.0. The number of hydrogen-bond donors (Lipinski definition) is 1. The average molecular weight is 297 g/mol. The molecular formula is C18H23N3O. The molecule has 1 aromatic carbocycles. The lowest BCUT2D eigenvalue weighted by molar-refractivity contribution is 0.122. The molecule has 4 heteroatoms. The minimum Gasteiger partial charge on any atom is -0.378 e. The monoisotopic (exact) mass is 297 g/mol. The predicted molar refractivity (Wildman–Crippen MR) is 90.2 cm³/mol. The smallest absolute Gasteiger partial charge is 0.131 e. The third kappa shape index (κ3) is 3.29. The fourth-order valence-electron chi connectivity index (χ4n) is 2.86. The number of nitrogens with zero attached hydrogens (tertiary/aromatic N) is 2. The number of aromatic nitrogens is 1. The van der Waals surface area contributed by atoms with Gasteiger partial charge < -0.3 is 15.4 Å². The van der Waals surface area contributed by atoms with Crippen molar-refractivity contribution in [2.24, 2.45) is 5.73 Å². The van der Waals surface area contributed by atoms with Gasteiger partial charge in [-0.1, -0.05) is 24.3 Å². The fraction of sp³-hybridized carbons (Fsp3) is 0.389. The largest absolute Gasteiger partial charge is 0.378 e. The minimum absolute atomic E-state index is 0.689. The van der Waals surface area contributed by atoms with Crippen LogP contribution in [0.25, 0.3) is 11.1 Å². The van der Waals surface area contributed by atoms with Crippen molar-refractivity contribution >= 4 is 5.82 Å². The molecule has 22 heavy (non-hydrogen) atoms. The topological polar surface area (TPSA) is 51.4 Å². The molecule has 0 amide bonds. The van der Waals surface area contributed by atoms with E-state index in [4.69, 9.17) is 10.5 Å². The fourth-order valence-corrected chi connectivity index (χ4v) is 2.86. The third-order valence-corrected chi connectivity index (χ3v) is 4.08. The Morgan fingerprint density at radius 3 is 2.50 bits per heavy atom. The number of anilines is 1. The molecule has 2 N–H and O–H groups in total.